The summed E-state index contributed by atoms with van der Waals surface area (Å²) in [6, 6.07) is 1.91. The van der Waals surface area contributed by atoms with Gasteiger partial charge in [0.2, 0.25) is 5.95 Å². The van der Waals surface area contributed by atoms with Gasteiger partial charge in [-0.15, -0.1) is 0 Å². The average molecular weight is 267 g/mol. The molecule has 1 atom stereocenters. The molecule has 1 fully saturated rings. The van der Waals surface area contributed by atoms with Gasteiger partial charge in [0.05, 0.1) is 0 Å². The molecule has 2 heterocycles. The second-order valence-corrected chi connectivity index (χ2v) is 5.80. The Hall–Kier alpha value is -1.17. The molecule has 0 radical (unpaired) electrons. The van der Waals surface area contributed by atoms with Crippen LogP contribution in [0.5, 0.6) is 0 Å². The minimum absolute atomic E-state index is 0.312. The molecule has 0 aliphatic carbocycles. The smallest absolute Gasteiger partial charge is 0.223 e. The van der Waals surface area contributed by atoms with Gasteiger partial charge in [0.1, 0.15) is 11.6 Å². The maximum Gasteiger partial charge on any atom is 0.223 e. The molecule has 0 amide bonds. The Morgan fingerprint density at radius 1 is 1.33 bits per heavy atom. The minimum atomic E-state index is 0.312. The lowest BCUT2D eigenvalue weighted by molar-refractivity contribution is 0.677. The van der Waals surface area contributed by atoms with E-state index in [2.05, 4.69) is 20.6 Å². The SMILES string of the molecule is CCNc1cc(NCC2CCCCS2)nc(N)n1. The zero-order chi connectivity index (χ0) is 12.8. The third kappa shape index (κ3) is 3.94. The Bertz CT molecular complexity index is 379. The molecule has 18 heavy (non-hydrogen) atoms. The first-order valence-corrected chi connectivity index (χ1v) is 7.56. The zero-order valence-corrected chi connectivity index (χ0v) is 11.6. The molecule has 0 aromatic carbocycles. The quantitative estimate of drug-likeness (QED) is 0.759. The molecular formula is C12H21N5S. The number of nitrogens with one attached hydrogen (secondary N) is 2. The van der Waals surface area contributed by atoms with Gasteiger partial charge in [0, 0.05) is 24.4 Å². The van der Waals surface area contributed by atoms with Crippen molar-refractivity contribution in [1.82, 2.24) is 9.97 Å². The van der Waals surface area contributed by atoms with Crippen LogP contribution in [0.4, 0.5) is 17.6 Å². The van der Waals surface area contributed by atoms with Gasteiger partial charge in [-0.1, -0.05) is 6.42 Å². The van der Waals surface area contributed by atoms with Crippen LogP contribution < -0.4 is 16.4 Å². The maximum absolute atomic E-state index is 5.69. The van der Waals surface area contributed by atoms with Crippen LogP contribution in [-0.2, 0) is 0 Å². The van der Waals surface area contributed by atoms with Gasteiger partial charge < -0.3 is 16.4 Å². The minimum Gasteiger partial charge on any atom is -0.370 e. The molecule has 1 aromatic heterocycles. The topological polar surface area (TPSA) is 75.9 Å². The fourth-order valence-corrected chi connectivity index (χ4v) is 3.25. The number of rotatable bonds is 5. The van der Waals surface area contributed by atoms with Crippen molar-refractivity contribution >= 4 is 29.3 Å². The van der Waals surface area contributed by atoms with Gasteiger partial charge in [0.15, 0.2) is 0 Å². The van der Waals surface area contributed by atoms with Gasteiger partial charge in [-0.3, -0.25) is 0 Å². The molecule has 1 unspecified atom stereocenters. The number of hydrogen-bond donors (Lipinski definition) is 3. The van der Waals surface area contributed by atoms with E-state index in [4.69, 9.17) is 5.73 Å². The van der Waals surface area contributed by atoms with Crippen molar-refractivity contribution in [2.24, 2.45) is 0 Å². The van der Waals surface area contributed by atoms with Crippen LogP contribution in [0.1, 0.15) is 26.2 Å². The van der Waals surface area contributed by atoms with Crippen molar-refractivity contribution in [1.29, 1.82) is 0 Å². The Labute approximate surface area is 112 Å². The second kappa shape index (κ2) is 6.68. The standard InChI is InChI=1S/C12H21N5S/c1-2-14-10-7-11(17-12(13)16-10)15-8-9-5-3-4-6-18-9/h7,9H,2-6,8H2,1H3,(H4,13,14,15,16,17). The Morgan fingerprint density at radius 3 is 2.78 bits per heavy atom. The number of hydrogen-bond acceptors (Lipinski definition) is 6. The van der Waals surface area contributed by atoms with Crippen LogP contribution in [0.15, 0.2) is 6.07 Å². The van der Waals surface area contributed by atoms with Crippen molar-refractivity contribution in [3.8, 4) is 0 Å². The predicted molar refractivity (Wildman–Crippen MR) is 79.2 cm³/mol. The molecule has 5 nitrogen and oxygen atoms in total. The normalized spacial score (nSPS) is 19.5. The summed E-state index contributed by atoms with van der Waals surface area (Å²) in [6.07, 6.45) is 3.98. The number of nitrogens with two attached hydrogens (primary N) is 1. The van der Waals surface area contributed by atoms with Crippen LogP contribution in [-0.4, -0.2) is 34.1 Å². The molecule has 1 saturated heterocycles. The summed E-state index contributed by atoms with van der Waals surface area (Å²) in [5.41, 5.74) is 5.69. The van der Waals surface area contributed by atoms with E-state index >= 15 is 0 Å². The Morgan fingerprint density at radius 2 is 2.11 bits per heavy atom. The highest BCUT2D eigenvalue weighted by Crippen LogP contribution is 2.25. The molecule has 1 aliphatic rings. The first-order valence-electron chi connectivity index (χ1n) is 6.52. The van der Waals surface area contributed by atoms with Crippen molar-refractivity contribution in [3.63, 3.8) is 0 Å². The third-order valence-electron chi connectivity index (χ3n) is 2.89. The van der Waals surface area contributed by atoms with E-state index < -0.39 is 0 Å². The summed E-state index contributed by atoms with van der Waals surface area (Å²) < 4.78 is 0. The fraction of sp³-hybridized carbons (Fsp3) is 0.667. The number of nitrogens with zero attached hydrogens (tertiary/aromatic N) is 2. The molecule has 1 aliphatic heterocycles. The van der Waals surface area contributed by atoms with E-state index in [1.807, 2.05) is 24.8 Å². The second-order valence-electron chi connectivity index (χ2n) is 4.40. The van der Waals surface area contributed by atoms with Crippen LogP contribution in [0, 0.1) is 0 Å². The molecule has 4 N–H and O–H groups in total. The summed E-state index contributed by atoms with van der Waals surface area (Å²) in [4.78, 5) is 8.34. The van der Waals surface area contributed by atoms with Crippen molar-refractivity contribution in [2.75, 3.05) is 35.2 Å². The lowest BCUT2D eigenvalue weighted by atomic mass is 10.2. The van der Waals surface area contributed by atoms with Crippen LogP contribution in [0.2, 0.25) is 0 Å². The number of anilines is 3. The van der Waals surface area contributed by atoms with Crippen LogP contribution >= 0.6 is 11.8 Å². The van der Waals surface area contributed by atoms with Crippen molar-refractivity contribution in [3.05, 3.63) is 6.07 Å². The lowest BCUT2D eigenvalue weighted by Crippen LogP contribution is -2.20. The monoisotopic (exact) mass is 267 g/mol. The highest BCUT2D eigenvalue weighted by molar-refractivity contribution is 7.99. The van der Waals surface area contributed by atoms with Gasteiger partial charge in [-0.2, -0.15) is 21.7 Å². The van der Waals surface area contributed by atoms with Gasteiger partial charge >= 0.3 is 0 Å². The number of nitrogen functional groups attached to an aromatic ring is 1. The van der Waals surface area contributed by atoms with E-state index in [0.717, 1.165) is 24.7 Å². The molecule has 2 rings (SSSR count). The highest BCUT2D eigenvalue weighted by atomic mass is 32.2. The number of aromatic nitrogens is 2. The molecule has 0 saturated carbocycles. The summed E-state index contributed by atoms with van der Waals surface area (Å²) in [7, 11) is 0. The highest BCUT2D eigenvalue weighted by Gasteiger charge is 2.13. The average Bonchev–Trinajstić information content (AvgIpc) is 2.37. The summed E-state index contributed by atoms with van der Waals surface area (Å²) in [5, 5.41) is 7.20. The van der Waals surface area contributed by atoms with Gasteiger partial charge in [0.25, 0.3) is 0 Å². The molecule has 6 heteroatoms. The van der Waals surface area contributed by atoms with E-state index in [0.29, 0.717) is 11.2 Å². The fourth-order valence-electron chi connectivity index (χ4n) is 2.01. The maximum atomic E-state index is 5.69. The largest absolute Gasteiger partial charge is 0.370 e. The van der Waals surface area contributed by atoms with E-state index in [1.165, 1.54) is 25.0 Å². The first-order chi connectivity index (χ1) is 8.78. The van der Waals surface area contributed by atoms with E-state index in [1.54, 1.807) is 0 Å². The zero-order valence-electron chi connectivity index (χ0n) is 10.8. The molecule has 0 spiro atoms. The van der Waals surface area contributed by atoms with E-state index in [9.17, 15) is 0 Å². The van der Waals surface area contributed by atoms with Crippen LogP contribution in [0.25, 0.3) is 0 Å². The van der Waals surface area contributed by atoms with Crippen LogP contribution in [0.3, 0.4) is 0 Å². The molecular weight excluding hydrogens is 246 g/mol. The third-order valence-corrected chi connectivity index (χ3v) is 4.28. The van der Waals surface area contributed by atoms with Crippen molar-refractivity contribution in [2.45, 2.75) is 31.4 Å². The van der Waals surface area contributed by atoms with Gasteiger partial charge in [-0.05, 0) is 25.5 Å². The first kappa shape index (κ1) is 13.3. The summed E-state index contributed by atoms with van der Waals surface area (Å²) in [6.45, 7) is 3.81. The summed E-state index contributed by atoms with van der Waals surface area (Å²) >= 11 is 2.05. The van der Waals surface area contributed by atoms with Gasteiger partial charge in [-0.25, -0.2) is 0 Å². The predicted octanol–water partition coefficient (Wildman–Crippen LogP) is 2.19. The molecule has 100 valence electrons. The van der Waals surface area contributed by atoms with E-state index in [-0.39, 0.29) is 0 Å². The Kier molecular flexibility index (Phi) is 4.92. The molecule has 1 aromatic rings. The Balaban J connectivity index is 1.91. The van der Waals surface area contributed by atoms with Crippen molar-refractivity contribution < 1.29 is 0 Å². The molecule has 0 bridgehead atoms. The lowest BCUT2D eigenvalue weighted by Gasteiger charge is -2.21. The summed E-state index contributed by atoms with van der Waals surface area (Å²) in [5.74, 6) is 3.18. The number of thioether (sulfide) groups is 1.